The van der Waals surface area contributed by atoms with Crippen LogP contribution in [0.3, 0.4) is 0 Å². The van der Waals surface area contributed by atoms with Gasteiger partial charge in [-0.05, 0) is 19.4 Å². The Morgan fingerprint density at radius 1 is 1.35 bits per heavy atom. The first-order valence-electron chi connectivity index (χ1n) is 7.61. The Morgan fingerprint density at radius 2 is 2.17 bits per heavy atom. The molecule has 0 aliphatic carbocycles. The normalized spacial score (nSPS) is 13.6. The Hall–Kier alpha value is -2.64. The molecule has 0 spiro atoms. The molecule has 1 aliphatic rings. The summed E-state index contributed by atoms with van der Waals surface area (Å²) in [5, 5.41) is 7.23. The summed E-state index contributed by atoms with van der Waals surface area (Å²) < 4.78 is 6.97. The number of hydrogen-bond donors (Lipinski definition) is 1. The van der Waals surface area contributed by atoms with Crippen LogP contribution in [0.4, 0.5) is 10.5 Å². The maximum Gasteiger partial charge on any atom is 0.322 e. The van der Waals surface area contributed by atoms with Gasteiger partial charge in [0.05, 0.1) is 31.6 Å². The average molecular weight is 316 g/mol. The summed E-state index contributed by atoms with van der Waals surface area (Å²) in [6.45, 7) is 5.56. The van der Waals surface area contributed by atoms with E-state index in [1.807, 2.05) is 24.6 Å². The van der Waals surface area contributed by atoms with E-state index in [4.69, 9.17) is 4.74 Å². The molecule has 2 aromatic heterocycles. The van der Waals surface area contributed by atoms with Gasteiger partial charge in [0.25, 0.3) is 0 Å². The van der Waals surface area contributed by atoms with E-state index in [1.54, 1.807) is 18.1 Å². The number of carbonyl (C=O) groups excluding carboxylic acids is 1. The molecule has 8 nitrogen and oxygen atoms in total. The third-order valence-electron chi connectivity index (χ3n) is 3.79. The van der Waals surface area contributed by atoms with Crippen molar-refractivity contribution in [3.05, 3.63) is 29.5 Å². The minimum Gasteiger partial charge on any atom is -0.481 e. The van der Waals surface area contributed by atoms with Crippen LogP contribution in [0.2, 0.25) is 0 Å². The average Bonchev–Trinajstić information content (AvgIpc) is 2.94. The van der Waals surface area contributed by atoms with Crippen LogP contribution in [0, 0.1) is 6.92 Å². The lowest BCUT2D eigenvalue weighted by atomic mass is 10.2. The van der Waals surface area contributed by atoms with Crippen molar-refractivity contribution in [1.29, 1.82) is 0 Å². The van der Waals surface area contributed by atoms with Gasteiger partial charge in [0, 0.05) is 12.6 Å². The highest BCUT2D eigenvalue weighted by atomic mass is 16.5. The molecule has 0 radical (unpaired) electrons. The highest BCUT2D eigenvalue weighted by Gasteiger charge is 2.23. The van der Waals surface area contributed by atoms with Crippen LogP contribution in [0.25, 0.3) is 0 Å². The van der Waals surface area contributed by atoms with Gasteiger partial charge in [-0.2, -0.15) is 5.10 Å². The fraction of sp³-hybridized carbons (Fsp3) is 0.467. The highest BCUT2D eigenvalue weighted by molar-refractivity contribution is 5.90. The number of carbonyl (C=O) groups is 1. The molecular formula is C15H20N6O2. The standard InChI is InChI=1S/C15H20N6O2/c1-4-11-12(5-6-14(17-11)23-3)18-15(22)20-7-8-21-13(9-20)16-10(2)19-21/h5-6H,4,7-9H2,1-3H3,(H,18,22). The number of urea groups is 1. The number of nitrogens with one attached hydrogen (secondary N) is 1. The molecule has 1 N–H and O–H groups in total. The van der Waals surface area contributed by atoms with E-state index in [9.17, 15) is 4.79 Å². The number of aromatic nitrogens is 4. The van der Waals surface area contributed by atoms with Crippen LogP contribution in [-0.4, -0.2) is 44.3 Å². The molecule has 3 rings (SSSR count). The second-order valence-corrected chi connectivity index (χ2v) is 5.35. The fourth-order valence-corrected chi connectivity index (χ4v) is 2.61. The summed E-state index contributed by atoms with van der Waals surface area (Å²) in [7, 11) is 1.58. The molecule has 2 amide bonds. The molecule has 1 aliphatic heterocycles. The van der Waals surface area contributed by atoms with E-state index in [-0.39, 0.29) is 6.03 Å². The number of methoxy groups -OCH3 is 1. The van der Waals surface area contributed by atoms with Gasteiger partial charge in [-0.1, -0.05) is 6.92 Å². The number of anilines is 1. The van der Waals surface area contributed by atoms with Crippen molar-refractivity contribution in [3.8, 4) is 5.88 Å². The predicted octanol–water partition coefficient (Wildman–Crippen LogP) is 1.60. The number of amides is 2. The summed E-state index contributed by atoms with van der Waals surface area (Å²) in [5.41, 5.74) is 1.51. The Kier molecular flexibility index (Phi) is 4.14. The predicted molar refractivity (Wildman–Crippen MR) is 84.4 cm³/mol. The smallest absolute Gasteiger partial charge is 0.322 e. The first-order chi connectivity index (χ1) is 11.1. The van der Waals surface area contributed by atoms with Gasteiger partial charge >= 0.3 is 6.03 Å². The third kappa shape index (κ3) is 3.10. The lowest BCUT2D eigenvalue weighted by molar-refractivity contribution is 0.193. The van der Waals surface area contributed by atoms with Gasteiger partial charge < -0.3 is 15.0 Å². The Balaban J connectivity index is 1.72. The third-order valence-corrected chi connectivity index (χ3v) is 3.79. The van der Waals surface area contributed by atoms with Crippen LogP contribution in [-0.2, 0) is 19.5 Å². The van der Waals surface area contributed by atoms with Crippen LogP contribution >= 0.6 is 0 Å². The Labute approximate surface area is 134 Å². The van der Waals surface area contributed by atoms with E-state index in [2.05, 4.69) is 20.4 Å². The number of aryl methyl sites for hydroxylation is 2. The second kappa shape index (κ2) is 6.23. The Bertz CT molecular complexity index is 727. The number of hydrogen-bond acceptors (Lipinski definition) is 5. The first kappa shape index (κ1) is 15.3. The number of ether oxygens (including phenoxy) is 1. The summed E-state index contributed by atoms with van der Waals surface area (Å²) in [4.78, 5) is 22.9. The molecule has 0 aromatic carbocycles. The van der Waals surface area contributed by atoms with Crippen LogP contribution in [0.5, 0.6) is 5.88 Å². The molecule has 0 fully saturated rings. The van der Waals surface area contributed by atoms with E-state index in [0.717, 1.165) is 17.3 Å². The zero-order chi connectivity index (χ0) is 16.4. The van der Waals surface area contributed by atoms with Crippen LogP contribution < -0.4 is 10.1 Å². The molecule has 0 atom stereocenters. The molecule has 0 bridgehead atoms. The summed E-state index contributed by atoms with van der Waals surface area (Å²) in [6, 6.07) is 3.41. The summed E-state index contributed by atoms with van der Waals surface area (Å²) in [5.74, 6) is 2.09. The molecule has 0 saturated heterocycles. The lowest BCUT2D eigenvalue weighted by Crippen LogP contribution is -2.41. The zero-order valence-corrected chi connectivity index (χ0v) is 13.5. The van der Waals surface area contributed by atoms with E-state index >= 15 is 0 Å². The van der Waals surface area contributed by atoms with Crippen molar-refractivity contribution >= 4 is 11.7 Å². The van der Waals surface area contributed by atoms with Crippen molar-refractivity contribution in [2.45, 2.75) is 33.4 Å². The minimum atomic E-state index is -0.154. The number of pyridine rings is 1. The van der Waals surface area contributed by atoms with E-state index < -0.39 is 0 Å². The Morgan fingerprint density at radius 3 is 2.91 bits per heavy atom. The SMILES string of the molecule is CCc1nc(OC)ccc1NC(=O)N1CCn2nc(C)nc2C1. The number of rotatable bonds is 3. The van der Waals surface area contributed by atoms with Gasteiger partial charge in [0.15, 0.2) is 0 Å². The maximum atomic E-state index is 12.5. The van der Waals surface area contributed by atoms with Crippen LogP contribution in [0.1, 0.15) is 24.3 Å². The molecular weight excluding hydrogens is 296 g/mol. The molecule has 0 unspecified atom stereocenters. The zero-order valence-electron chi connectivity index (χ0n) is 13.5. The van der Waals surface area contributed by atoms with Gasteiger partial charge in [-0.15, -0.1) is 0 Å². The maximum absolute atomic E-state index is 12.5. The lowest BCUT2D eigenvalue weighted by Gasteiger charge is -2.27. The number of nitrogens with zero attached hydrogens (tertiary/aromatic N) is 5. The molecule has 122 valence electrons. The topological polar surface area (TPSA) is 85.2 Å². The van der Waals surface area contributed by atoms with Crippen molar-refractivity contribution in [3.63, 3.8) is 0 Å². The minimum absolute atomic E-state index is 0.154. The quantitative estimate of drug-likeness (QED) is 0.929. The molecule has 2 aromatic rings. The first-order valence-corrected chi connectivity index (χ1v) is 7.61. The van der Waals surface area contributed by atoms with Crippen molar-refractivity contribution in [2.24, 2.45) is 0 Å². The second-order valence-electron chi connectivity index (χ2n) is 5.35. The number of fused-ring (bicyclic) bond motifs is 1. The van der Waals surface area contributed by atoms with Gasteiger partial charge in [0.2, 0.25) is 5.88 Å². The molecule has 23 heavy (non-hydrogen) atoms. The monoisotopic (exact) mass is 316 g/mol. The van der Waals surface area contributed by atoms with Gasteiger partial charge in [0.1, 0.15) is 11.6 Å². The van der Waals surface area contributed by atoms with Gasteiger partial charge in [-0.3, -0.25) is 0 Å². The van der Waals surface area contributed by atoms with Crippen LogP contribution in [0.15, 0.2) is 12.1 Å². The van der Waals surface area contributed by atoms with Crippen molar-refractivity contribution in [2.75, 3.05) is 19.0 Å². The molecule has 8 heteroatoms. The van der Waals surface area contributed by atoms with Gasteiger partial charge in [-0.25, -0.2) is 19.4 Å². The van der Waals surface area contributed by atoms with Crippen molar-refractivity contribution in [1.82, 2.24) is 24.6 Å². The largest absolute Gasteiger partial charge is 0.481 e. The summed E-state index contributed by atoms with van der Waals surface area (Å²) >= 11 is 0. The van der Waals surface area contributed by atoms with Crippen molar-refractivity contribution < 1.29 is 9.53 Å². The fourth-order valence-electron chi connectivity index (χ4n) is 2.61. The molecule has 0 saturated carbocycles. The van der Waals surface area contributed by atoms with E-state index in [1.165, 1.54) is 0 Å². The van der Waals surface area contributed by atoms with E-state index in [0.29, 0.717) is 37.6 Å². The molecule has 3 heterocycles. The summed E-state index contributed by atoms with van der Waals surface area (Å²) in [6.07, 6.45) is 0.709. The highest BCUT2D eigenvalue weighted by Crippen LogP contribution is 2.20.